The number of aromatic amines is 1. The van der Waals surface area contributed by atoms with Crippen molar-refractivity contribution >= 4 is 23.0 Å². The lowest BCUT2D eigenvalue weighted by atomic mass is 9.97. The van der Waals surface area contributed by atoms with Crippen molar-refractivity contribution in [1.82, 2.24) is 24.4 Å². The normalized spacial score (nSPS) is 15.2. The molecule has 0 saturated carbocycles. The first kappa shape index (κ1) is 22.8. The maximum atomic E-state index is 12.6. The fraction of sp³-hybridized carbons (Fsp3) is 0.478. The van der Waals surface area contributed by atoms with E-state index in [0.717, 1.165) is 43.6 Å². The van der Waals surface area contributed by atoms with Crippen LogP contribution in [0.15, 0.2) is 29.1 Å². The van der Waals surface area contributed by atoms with Crippen molar-refractivity contribution in [2.75, 3.05) is 25.4 Å². The molecular weight excluding hydrogens is 424 g/mol. The van der Waals surface area contributed by atoms with Crippen LogP contribution in [0.3, 0.4) is 0 Å². The van der Waals surface area contributed by atoms with Gasteiger partial charge in [0.2, 0.25) is 0 Å². The van der Waals surface area contributed by atoms with Crippen molar-refractivity contribution in [3.63, 3.8) is 0 Å². The molecule has 0 atom stereocenters. The molecule has 4 rings (SSSR count). The molecule has 0 aliphatic carbocycles. The largest absolute Gasteiger partial charge is 0.481 e. The Bertz CT molecular complexity index is 1160. The van der Waals surface area contributed by atoms with Crippen LogP contribution in [0.25, 0.3) is 11.2 Å². The molecule has 33 heavy (non-hydrogen) atoms. The second-order valence-electron chi connectivity index (χ2n) is 8.51. The number of anilines is 1. The summed E-state index contributed by atoms with van der Waals surface area (Å²) in [5.74, 6) is -0.740. The van der Waals surface area contributed by atoms with E-state index in [1.165, 1.54) is 4.57 Å². The topological polar surface area (TPSA) is 139 Å². The van der Waals surface area contributed by atoms with Crippen LogP contribution in [0.5, 0.6) is 6.01 Å². The number of ether oxygens (including phenoxy) is 1. The van der Waals surface area contributed by atoms with Crippen LogP contribution in [0.2, 0.25) is 0 Å². The number of fused-ring (bicyclic) bond motifs is 1. The number of nitrogens with one attached hydrogen (secondary N) is 1. The molecule has 0 unspecified atom stereocenters. The number of aliphatic carboxylic acids is 1. The number of carboxylic acid groups (broad SMARTS) is 1. The van der Waals surface area contributed by atoms with Crippen LogP contribution in [0.1, 0.15) is 43.7 Å². The lowest BCUT2D eigenvalue weighted by Gasteiger charge is -2.30. The van der Waals surface area contributed by atoms with E-state index in [1.807, 2.05) is 24.3 Å². The Hall–Kier alpha value is -3.40. The number of H-pyrrole nitrogens is 1. The molecule has 0 spiro atoms. The number of unbranched alkanes of at least 4 members (excludes halogenated alkanes) is 1. The van der Waals surface area contributed by atoms with Crippen molar-refractivity contribution in [2.24, 2.45) is 5.92 Å². The summed E-state index contributed by atoms with van der Waals surface area (Å²) in [4.78, 5) is 37.3. The number of carboxylic acids is 1. The van der Waals surface area contributed by atoms with Gasteiger partial charge in [-0.3, -0.25) is 14.3 Å². The van der Waals surface area contributed by atoms with Crippen LogP contribution in [-0.4, -0.2) is 55.2 Å². The van der Waals surface area contributed by atoms with E-state index in [-0.39, 0.29) is 23.4 Å². The fourth-order valence-electron chi connectivity index (χ4n) is 4.08. The Kier molecular flexibility index (Phi) is 6.93. The van der Waals surface area contributed by atoms with Crippen molar-refractivity contribution < 1.29 is 14.6 Å². The molecular formula is C23H30N6O4. The Morgan fingerprint density at radius 2 is 1.85 bits per heavy atom. The summed E-state index contributed by atoms with van der Waals surface area (Å²) in [6.45, 7) is 5.25. The summed E-state index contributed by atoms with van der Waals surface area (Å²) in [6, 6.07) is 8.24. The summed E-state index contributed by atoms with van der Waals surface area (Å²) in [5.41, 5.74) is 8.65. The Balaban J connectivity index is 1.45. The second kappa shape index (κ2) is 10.0. The van der Waals surface area contributed by atoms with Crippen LogP contribution in [0.4, 0.5) is 5.82 Å². The van der Waals surface area contributed by atoms with Crippen LogP contribution < -0.4 is 16.2 Å². The van der Waals surface area contributed by atoms with E-state index in [0.29, 0.717) is 37.2 Å². The van der Waals surface area contributed by atoms with Gasteiger partial charge in [0.15, 0.2) is 11.5 Å². The molecule has 4 N–H and O–H groups in total. The van der Waals surface area contributed by atoms with Crippen molar-refractivity contribution in [1.29, 1.82) is 0 Å². The number of piperidine rings is 1. The number of aromatic nitrogens is 4. The number of nitrogens with zero attached hydrogens (tertiary/aromatic N) is 4. The molecule has 3 aromatic rings. The minimum absolute atomic E-state index is 0.170. The third-order valence-electron chi connectivity index (χ3n) is 6.07. The van der Waals surface area contributed by atoms with Crippen molar-refractivity contribution in [2.45, 2.75) is 45.7 Å². The van der Waals surface area contributed by atoms with Gasteiger partial charge in [-0.25, -0.2) is 4.79 Å². The van der Waals surface area contributed by atoms with Crippen LogP contribution >= 0.6 is 0 Å². The molecule has 1 saturated heterocycles. The lowest BCUT2D eigenvalue weighted by molar-refractivity contribution is -0.143. The van der Waals surface area contributed by atoms with Gasteiger partial charge in [0.1, 0.15) is 5.52 Å². The van der Waals surface area contributed by atoms with Gasteiger partial charge in [-0.2, -0.15) is 9.97 Å². The van der Waals surface area contributed by atoms with Crippen molar-refractivity contribution in [3.8, 4) is 6.01 Å². The molecule has 176 valence electrons. The molecule has 10 heteroatoms. The van der Waals surface area contributed by atoms with Gasteiger partial charge < -0.3 is 20.6 Å². The van der Waals surface area contributed by atoms with Gasteiger partial charge in [0.25, 0.3) is 0 Å². The number of nitrogens with two attached hydrogens (primary N) is 1. The SMILES string of the molecule is CCCCOc1nc(N)c2[nH]c(=O)n(Cc3ccc(CN4CCC(C(=O)O)CC4)cc3)c2n1. The minimum atomic E-state index is -0.696. The number of nitrogen functional groups attached to an aromatic ring is 1. The van der Waals surface area contributed by atoms with E-state index in [9.17, 15) is 9.59 Å². The molecule has 1 aliphatic rings. The number of hydrogen-bond donors (Lipinski definition) is 3. The smallest absolute Gasteiger partial charge is 0.328 e. The summed E-state index contributed by atoms with van der Waals surface area (Å²) in [7, 11) is 0. The number of rotatable bonds is 9. The Labute approximate surface area is 191 Å². The quantitative estimate of drug-likeness (QED) is 0.418. The molecule has 0 amide bonds. The van der Waals surface area contributed by atoms with Gasteiger partial charge in [-0.05, 0) is 43.5 Å². The fourth-order valence-corrected chi connectivity index (χ4v) is 4.08. The highest BCUT2D eigenvalue weighted by atomic mass is 16.5. The predicted molar refractivity (Wildman–Crippen MR) is 124 cm³/mol. The summed E-state index contributed by atoms with van der Waals surface area (Å²) < 4.78 is 7.12. The molecule has 1 aromatic carbocycles. The molecule has 10 nitrogen and oxygen atoms in total. The molecule has 2 aromatic heterocycles. The summed E-state index contributed by atoms with van der Waals surface area (Å²) >= 11 is 0. The van der Waals surface area contributed by atoms with Gasteiger partial charge >= 0.3 is 17.7 Å². The number of hydrogen-bond acceptors (Lipinski definition) is 7. The number of carbonyl (C=O) groups is 1. The lowest BCUT2D eigenvalue weighted by Crippen LogP contribution is -2.35. The average molecular weight is 455 g/mol. The monoisotopic (exact) mass is 454 g/mol. The van der Waals surface area contributed by atoms with Crippen LogP contribution in [-0.2, 0) is 17.9 Å². The Morgan fingerprint density at radius 1 is 1.18 bits per heavy atom. The zero-order valence-corrected chi connectivity index (χ0v) is 18.8. The summed E-state index contributed by atoms with van der Waals surface area (Å²) in [6.07, 6.45) is 3.24. The first-order valence-electron chi connectivity index (χ1n) is 11.4. The maximum Gasteiger partial charge on any atom is 0.328 e. The first-order chi connectivity index (χ1) is 15.9. The maximum absolute atomic E-state index is 12.6. The highest BCUT2D eigenvalue weighted by Gasteiger charge is 2.24. The molecule has 0 radical (unpaired) electrons. The van der Waals surface area contributed by atoms with E-state index in [4.69, 9.17) is 15.6 Å². The minimum Gasteiger partial charge on any atom is -0.481 e. The molecule has 1 aliphatic heterocycles. The molecule has 3 heterocycles. The van der Waals surface area contributed by atoms with E-state index >= 15 is 0 Å². The number of imidazole rings is 1. The highest BCUT2D eigenvalue weighted by molar-refractivity contribution is 5.81. The van der Waals surface area contributed by atoms with Crippen LogP contribution in [0, 0.1) is 5.92 Å². The number of likely N-dealkylation sites (tertiary alicyclic amines) is 1. The molecule has 1 fully saturated rings. The molecule has 0 bridgehead atoms. The highest BCUT2D eigenvalue weighted by Crippen LogP contribution is 2.21. The first-order valence-corrected chi connectivity index (χ1v) is 11.4. The predicted octanol–water partition coefficient (Wildman–Crippen LogP) is 2.23. The van der Waals surface area contributed by atoms with Gasteiger partial charge in [0, 0.05) is 6.54 Å². The summed E-state index contributed by atoms with van der Waals surface area (Å²) in [5, 5.41) is 9.15. The number of benzene rings is 1. The Morgan fingerprint density at radius 3 is 2.48 bits per heavy atom. The van der Waals surface area contributed by atoms with Crippen molar-refractivity contribution in [3.05, 3.63) is 45.9 Å². The zero-order valence-electron chi connectivity index (χ0n) is 18.8. The third-order valence-corrected chi connectivity index (χ3v) is 6.07. The van der Waals surface area contributed by atoms with E-state index < -0.39 is 5.97 Å². The zero-order chi connectivity index (χ0) is 23.4. The average Bonchev–Trinajstić information content (AvgIpc) is 3.11. The van der Waals surface area contributed by atoms with E-state index in [2.05, 4.69) is 26.8 Å². The second-order valence-corrected chi connectivity index (χ2v) is 8.51. The van der Waals surface area contributed by atoms with Gasteiger partial charge in [-0.1, -0.05) is 37.6 Å². The third kappa shape index (κ3) is 5.33. The van der Waals surface area contributed by atoms with Gasteiger partial charge in [0.05, 0.1) is 19.1 Å². The van der Waals surface area contributed by atoms with E-state index in [1.54, 1.807) is 0 Å². The van der Waals surface area contributed by atoms with Gasteiger partial charge in [-0.15, -0.1) is 0 Å². The standard InChI is InChI=1S/C23H30N6O4/c1-2-3-12-33-22-26-19(24)18-20(27-22)29(23(32)25-18)14-16-6-4-15(5-7-16)13-28-10-8-17(9-11-28)21(30)31/h4-7,17H,2-3,8-14H2,1H3,(H,25,32)(H,30,31)(H2,24,26,27).